The minimum absolute atomic E-state index is 0.139. The van der Waals surface area contributed by atoms with E-state index in [2.05, 4.69) is 43.2 Å². The molecule has 0 spiro atoms. The molecular formula is C11H9BrINO3S2. The van der Waals surface area contributed by atoms with Crippen molar-refractivity contribution < 1.29 is 13.5 Å². The molecule has 0 atom stereocenters. The van der Waals surface area contributed by atoms with E-state index in [0.717, 1.165) is 3.57 Å². The largest absolute Gasteiger partial charge is 0.391 e. The summed E-state index contributed by atoms with van der Waals surface area (Å²) in [4.78, 5) is 0.731. The van der Waals surface area contributed by atoms with Gasteiger partial charge in [-0.3, -0.25) is 4.72 Å². The van der Waals surface area contributed by atoms with Crippen LogP contribution in [0.2, 0.25) is 0 Å². The van der Waals surface area contributed by atoms with Crippen LogP contribution in [-0.2, 0) is 16.6 Å². The minimum Gasteiger partial charge on any atom is -0.391 e. The van der Waals surface area contributed by atoms with Gasteiger partial charge in [0, 0.05) is 14.1 Å². The lowest BCUT2D eigenvalue weighted by molar-refractivity contribution is 0.285. The van der Waals surface area contributed by atoms with Crippen LogP contribution in [0.4, 0.5) is 5.69 Å². The number of sulfonamides is 1. The van der Waals surface area contributed by atoms with Crippen LogP contribution < -0.4 is 4.72 Å². The topological polar surface area (TPSA) is 66.4 Å². The van der Waals surface area contributed by atoms with Crippen molar-refractivity contribution in [3.63, 3.8) is 0 Å². The molecule has 0 aliphatic rings. The molecule has 0 fully saturated rings. The van der Waals surface area contributed by atoms with Crippen molar-refractivity contribution in [2.24, 2.45) is 0 Å². The van der Waals surface area contributed by atoms with Gasteiger partial charge in [0.15, 0.2) is 0 Å². The minimum atomic E-state index is -3.65. The fourth-order valence-corrected chi connectivity index (χ4v) is 5.35. The fourth-order valence-electron chi connectivity index (χ4n) is 1.39. The smallest absolute Gasteiger partial charge is 0.263 e. The SMILES string of the molecule is O=S(=O)(Nc1ccc(I)cc1)c1cc(CO)sc1Br. The highest BCUT2D eigenvalue weighted by Crippen LogP contribution is 2.32. The zero-order chi connectivity index (χ0) is 14.0. The molecule has 0 unspecified atom stereocenters. The van der Waals surface area contributed by atoms with Gasteiger partial charge in [-0.1, -0.05) is 0 Å². The Morgan fingerprint density at radius 2 is 1.95 bits per heavy atom. The van der Waals surface area contributed by atoms with Gasteiger partial charge in [-0.2, -0.15) is 0 Å². The van der Waals surface area contributed by atoms with Crippen LogP contribution in [0.1, 0.15) is 4.88 Å². The summed E-state index contributed by atoms with van der Waals surface area (Å²) in [5.74, 6) is 0. The predicted octanol–water partition coefficient (Wildman–Crippen LogP) is 3.41. The molecular weight excluding hydrogens is 465 g/mol. The van der Waals surface area contributed by atoms with Gasteiger partial charge < -0.3 is 5.11 Å². The lowest BCUT2D eigenvalue weighted by Crippen LogP contribution is -2.12. The molecule has 19 heavy (non-hydrogen) atoms. The number of aliphatic hydroxyl groups excluding tert-OH is 1. The Morgan fingerprint density at radius 1 is 1.32 bits per heavy atom. The van der Waals surface area contributed by atoms with Crippen LogP contribution in [0, 0.1) is 3.57 Å². The van der Waals surface area contributed by atoms with Crippen molar-refractivity contribution in [2.75, 3.05) is 4.72 Å². The first kappa shape index (κ1) is 15.2. The van der Waals surface area contributed by atoms with E-state index < -0.39 is 10.0 Å². The highest BCUT2D eigenvalue weighted by atomic mass is 127. The van der Waals surface area contributed by atoms with Gasteiger partial charge in [0.25, 0.3) is 10.0 Å². The summed E-state index contributed by atoms with van der Waals surface area (Å²) in [6.07, 6.45) is 0. The van der Waals surface area contributed by atoms with Crippen LogP contribution in [-0.4, -0.2) is 13.5 Å². The monoisotopic (exact) mass is 473 g/mol. The lowest BCUT2D eigenvalue weighted by atomic mass is 10.3. The summed E-state index contributed by atoms with van der Waals surface area (Å²) < 4.78 is 28.4. The third-order valence-corrected chi connectivity index (χ3v) is 6.59. The quantitative estimate of drug-likeness (QED) is 0.668. The number of benzene rings is 1. The summed E-state index contributed by atoms with van der Waals surface area (Å²) in [5.41, 5.74) is 0.504. The lowest BCUT2D eigenvalue weighted by Gasteiger charge is -2.07. The zero-order valence-corrected chi connectivity index (χ0v) is 14.8. The Kier molecular flexibility index (Phi) is 4.88. The molecule has 0 saturated carbocycles. The maximum absolute atomic E-state index is 12.2. The maximum atomic E-state index is 12.2. The van der Waals surface area contributed by atoms with Crippen molar-refractivity contribution in [1.82, 2.24) is 0 Å². The van der Waals surface area contributed by atoms with E-state index >= 15 is 0 Å². The van der Waals surface area contributed by atoms with E-state index in [9.17, 15) is 8.42 Å². The number of hydrogen-bond donors (Lipinski definition) is 2. The average Bonchev–Trinajstić information content (AvgIpc) is 2.74. The Labute approximate surface area is 137 Å². The molecule has 0 aliphatic heterocycles. The second-order valence-corrected chi connectivity index (χ2v) is 8.97. The summed E-state index contributed by atoms with van der Waals surface area (Å²) in [5, 5.41) is 9.03. The number of halogens is 2. The van der Waals surface area contributed by atoms with E-state index in [-0.39, 0.29) is 11.5 Å². The van der Waals surface area contributed by atoms with Gasteiger partial charge in [-0.15, -0.1) is 11.3 Å². The van der Waals surface area contributed by atoms with Gasteiger partial charge >= 0.3 is 0 Å². The number of anilines is 1. The Balaban J connectivity index is 2.31. The molecule has 2 aromatic rings. The van der Waals surface area contributed by atoms with Crippen LogP contribution in [0.3, 0.4) is 0 Å². The molecule has 2 rings (SSSR count). The van der Waals surface area contributed by atoms with Gasteiger partial charge in [0.05, 0.1) is 10.4 Å². The van der Waals surface area contributed by atoms with Crippen LogP contribution in [0.15, 0.2) is 39.0 Å². The summed E-state index contributed by atoms with van der Waals surface area (Å²) in [6, 6.07) is 8.50. The third-order valence-electron chi connectivity index (χ3n) is 2.25. The highest BCUT2D eigenvalue weighted by molar-refractivity contribution is 14.1. The van der Waals surface area contributed by atoms with Crippen LogP contribution in [0.5, 0.6) is 0 Å². The first-order valence-electron chi connectivity index (χ1n) is 5.10. The van der Waals surface area contributed by atoms with Crippen molar-refractivity contribution in [3.05, 3.63) is 42.6 Å². The molecule has 1 aromatic heterocycles. The van der Waals surface area contributed by atoms with E-state index in [1.54, 1.807) is 12.1 Å². The summed E-state index contributed by atoms with van der Waals surface area (Å²) in [7, 11) is -3.65. The summed E-state index contributed by atoms with van der Waals surface area (Å²) in [6.45, 7) is -0.178. The molecule has 1 heterocycles. The predicted molar refractivity (Wildman–Crippen MR) is 87.9 cm³/mol. The Morgan fingerprint density at radius 3 is 2.47 bits per heavy atom. The number of thiophene rings is 1. The molecule has 102 valence electrons. The molecule has 2 N–H and O–H groups in total. The van der Waals surface area contributed by atoms with E-state index in [1.165, 1.54) is 17.4 Å². The van der Waals surface area contributed by atoms with Crippen LogP contribution in [0.25, 0.3) is 0 Å². The Bertz CT molecular complexity index is 682. The van der Waals surface area contributed by atoms with Crippen LogP contribution >= 0.6 is 49.9 Å². The molecule has 0 amide bonds. The van der Waals surface area contributed by atoms with Crippen molar-refractivity contribution in [1.29, 1.82) is 0 Å². The molecule has 0 saturated heterocycles. The first-order chi connectivity index (χ1) is 8.92. The van der Waals surface area contributed by atoms with Gasteiger partial charge in [0.1, 0.15) is 4.90 Å². The number of nitrogens with one attached hydrogen (secondary N) is 1. The molecule has 0 aliphatic carbocycles. The normalized spacial score (nSPS) is 11.5. The summed E-state index contributed by atoms with van der Waals surface area (Å²) >= 11 is 6.55. The van der Waals surface area contributed by atoms with Gasteiger partial charge in [-0.25, -0.2) is 8.42 Å². The molecule has 0 radical (unpaired) electrons. The van der Waals surface area contributed by atoms with E-state index in [1.807, 2.05) is 12.1 Å². The van der Waals surface area contributed by atoms with Gasteiger partial charge in [0.2, 0.25) is 0 Å². The number of hydrogen-bond acceptors (Lipinski definition) is 4. The average molecular weight is 474 g/mol. The van der Waals surface area contributed by atoms with Crippen molar-refractivity contribution >= 4 is 65.6 Å². The third kappa shape index (κ3) is 3.69. The van der Waals surface area contributed by atoms with Gasteiger partial charge in [-0.05, 0) is 68.9 Å². The van der Waals surface area contributed by atoms with E-state index in [0.29, 0.717) is 14.4 Å². The maximum Gasteiger partial charge on any atom is 0.263 e. The standard InChI is InChI=1S/C11H9BrINO3S2/c12-11-10(5-9(6-15)18-11)19(16,17)14-8-3-1-7(13)2-4-8/h1-5,14-15H,6H2. The fraction of sp³-hybridized carbons (Fsp3) is 0.0909. The van der Waals surface area contributed by atoms with Crippen molar-refractivity contribution in [3.8, 4) is 0 Å². The molecule has 1 aromatic carbocycles. The first-order valence-corrected chi connectivity index (χ1v) is 9.27. The zero-order valence-electron chi connectivity index (χ0n) is 9.43. The molecule has 4 nitrogen and oxygen atoms in total. The Hall–Kier alpha value is -0.160. The number of aliphatic hydroxyl groups is 1. The molecule has 8 heteroatoms. The second kappa shape index (κ2) is 6.08. The van der Waals surface area contributed by atoms with E-state index in [4.69, 9.17) is 5.11 Å². The molecule has 0 bridgehead atoms. The second-order valence-electron chi connectivity index (χ2n) is 3.62. The highest BCUT2D eigenvalue weighted by Gasteiger charge is 2.20. The number of rotatable bonds is 4. The van der Waals surface area contributed by atoms with Crippen molar-refractivity contribution in [2.45, 2.75) is 11.5 Å².